The SMILES string of the molecule is C/C(F)=C\C=C(/C)CN(N)c1nc(-c2cccc(OCCN3CCOCC3)c2)cnc1N.CC. The molecule has 8 nitrogen and oxygen atoms in total. The molecule has 2 aromatic rings. The van der Waals surface area contributed by atoms with Gasteiger partial charge in [-0.05, 0) is 32.1 Å². The molecule has 1 aromatic carbocycles. The van der Waals surface area contributed by atoms with Gasteiger partial charge in [-0.2, -0.15) is 0 Å². The van der Waals surface area contributed by atoms with Crippen molar-refractivity contribution in [3.05, 3.63) is 54.0 Å². The highest BCUT2D eigenvalue weighted by Crippen LogP contribution is 2.26. The van der Waals surface area contributed by atoms with Crippen LogP contribution in [0.3, 0.4) is 0 Å². The minimum Gasteiger partial charge on any atom is -0.492 e. The third-order valence-electron chi connectivity index (χ3n) is 4.98. The van der Waals surface area contributed by atoms with E-state index in [1.165, 1.54) is 18.0 Å². The molecule has 1 fully saturated rings. The Bertz CT molecular complexity index is 956. The lowest BCUT2D eigenvalue weighted by atomic mass is 10.1. The number of ether oxygens (including phenoxy) is 2. The summed E-state index contributed by atoms with van der Waals surface area (Å²) in [6, 6.07) is 7.68. The van der Waals surface area contributed by atoms with E-state index in [0.717, 1.165) is 49.7 Å². The molecule has 1 saturated heterocycles. The summed E-state index contributed by atoms with van der Waals surface area (Å²) in [5.41, 5.74) is 8.34. The maximum Gasteiger partial charge on any atom is 0.186 e. The van der Waals surface area contributed by atoms with Crippen molar-refractivity contribution >= 4 is 11.6 Å². The van der Waals surface area contributed by atoms with Crippen LogP contribution < -0.4 is 21.3 Å². The van der Waals surface area contributed by atoms with Crippen molar-refractivity contribution in [1.82, 2.24) is 14.9 Å². The Kier molecular flexibility index (Phi) is 11.5. The molecule has 1 aliphatic rings. The zero-order chi connectivity index (χ0) is 24.9. The molecule has 186 valence electrons. The van der Waals surface area contributed by atoms with Crippen molar-refractivity contribution < 1.29 is 13.9 Å². The highest BCUT2D eigenvalue weighted by atomic mass is 19.1. The fraction of sp³-hybridized carbons (Fsp3) is 0.440. The van der Waals surface area contributed by atoms with E-state index < -0.39 is 0 Å². The molecule has 0 atom stereocenters. The highest BCUT2D eigenvalue weighted by molar-refractivity contribution is 5.67. The van der Waals surface area contributed by atoms with Crippen molar-refractivity contribution in [2.75, 3.05) is 56.7 Å². The van der Waals surface area contributed by atoms with Gasteiger partial charge in [-0.25, -0.2) is 20.2 Å². The number of nitrogens with zero attached hydrogens (tertiary/aromatic N) is 4. The van der Waals surface area contributed by atoms with E-state index in [9.17, 15) is 4.39 Å². The molecule has 0 saturated carbocycles. The Morgan fingerprint density at radius 1 is 1.24 bits per heavy atom. The number of anilines is 2. The molecule has 0 aliphatic carbocycles. The molecule has 34 heavy (non-hydrogen) atoms. The van der Waals surface area contributed by atoms with Gasteiger partial charge in [-0.1, -0.05) is 37.6 Å². The quantitative estimate of drug-likeness (QED) is 0.321. The van der Waals surface area contributed by atoms with Crippen LogP contribution in [-0.2, 0) is 4.74 Å². The molecule has 0 bridgehead atoms. The number of hydrogen-bond donors (Lipinski definition) is 2. The minimum atomic E-state index is -0.277. The average molecular weight is 473 g/mol. The van der Waals surface area contributed by atoms with Crippen LogP contribution in [0.15, 0.2) is 54.0 Å². The largest absolute Gasteiger partial charge is 0.492 e. The zero-order valence-corrected chi connectivity index (χ0v) is 20.6. The van der Waals surface area contributed by atoms with Gasteiger partial charge in [-0.15, -0.1) is 0 Å². The maximum atomic E-state index is 12.9. The molecular formula is C25H37FN6O2. The van der Waals surface area contributed by atoms with Crippen LogP contribution in [0.4, 0.5) is 16.0 Å². The van der Waals surface area contributed by atoms with Gasteiger partial charge in [0.15, 0.2) is 11.6 Å². The fourth-order valence-electron chi connectivity index (χ4n) is 3.26. The van der Waals surface area contributed by atoms with E-state index in [4.69, 9.17) is 21.1 Å². The molecule has 0 spiro atoms. The number of nitrogen functional groups attached to an aromatic ring is 1. The molecule has 1 aliphatic heterocycles. The van der Waals surface area contributed by atoms with Gasteiger partial charge in [0.1, 0.15) is 12.4 Å². The van der Waals surface area contributed by atoms with E-state index in [-0.39, 0.29) is 11.6 Å². The summed E-state index contributed by atoms with van der Waals surface area (Å²) in [6.07, 6.45) is 4.66. The maximum absolute atomic E-state index is 12.9. The molecule has 3 rings (SSSR count). The summed E-state index contributed by atoms with van der Waals surface area (Å²) >= 11 is 0. The minimum absolute atomic E-state index is 0.221. The highest BCUT2D eigenvalue weighted by Gasteiger charge is 2.13. The van der Waals surface area contributed by atoms with E-state index in [2.05, 4.69) is 14.9 Å². The van der Waals surface area contributed by atoms with Crippen molar-refractivity contribution in [3.8, 4) is 17.0 Å². The van der Waals surface area contributed by atoms with Gasteiger partial charge >= 0.3 is 0 Å². The Morgan fingerprint density at radius 2 is 1.97 bits per heavy atom. The third-order valence-corrected chi connectivity index (χ3v) is 4.98. The summed E-state index contributed by atoms with van der Waals surface area (Å²) in [4.78, 5) is 11.2. The molecule has 9 heteroatoms. The average Bonchev–Trinajstić information content (AvgIpc) is 2.85. The van der Waals surface area contributed by atoms with Crippen LogP contribution in [0.2, 0.25) is 0 Å². The normalized spacial score (nSPS) is 14.9. The molecule has 2 heterocycles. The van der Waals surface area contributed by atoms with E-state index in [1.54, 1.807) is 12.3 Å². The number of hydrazine groups is 1. The zero-order valence-electron chi connectivity index (χ0n) is 20.6. The number of aromatic nitrogens is 2. The fourth-order valence-corrected chi connectivity index (χ4v) is 3.26. The molecule has 4 N–H and O–H groups in total. The van der Waals surface area contributed by atoms with E-state index in [1.807, 2.05) is 45.0 Å². The van der Waals surface area contributed by atoms with E-state index >= 15 is 0 Å². The van der Waals surface area contributed by atoms with Crippen LogP contribution in [0.1, 0.15) is 27.7 Å². The number of benzene rings is 1. The van der Waals surface area contributed by atoms with Crippen molar-refractivity contribution in [2.45, 2.75) is 27.7 Å². The van der Waals surface area contributed by atoms with Crippen LogP contribution in [0.25, 0.3) is 11.3 Å². The predicted molar refractivity (Wildman–Crippen MR) is 136 cm³/mol. The van der Waals surface area contributed by atoms with Gasteiger partial charge < -0.3 is 15.2 Å². The molecule has 0 unspecified atom stereocenters. The van der Waals surface area contributed by atoms with Crippen molar-refractivity contribution in [3.63, 3.8) is 0 Å². The Morgan fingerprint density at radius 3 is 2.68 bits per heavy atom. The second-order valence-electron chi connectivity index (χ2n) is 7.69. The van der Waals surface area contributed by atoms with Crippen LogP contribution >= 0.6 is 0 Å². The predicted octanol–water partition coefficient (Wildman–Crippen LogP) is 3.96. The van der Waals surface area contributed by atoms with Gasteiger partial charge in [0.05, 0.1) is 37.5 Å². The number of hydrogen-bond acceptors (Lipinski definition) is 8. The van der Waals surface area contributed by atoms with Gasteiger partial charge in [0.2, 0.25) is 0 Å². The lowest BCUT2D eigenvalue weighted by Gasteiger charge is -2.26. The van der Waals surface area contributed by atoms with Crippen molar-refractivity contribution in [1.29, 1.82) is 0 Å². The first-order valence-corrected chi connectivity index (χ1v) is 11.6. The first-order chi connectivity index (χ1) is 16.4. The number of halogens is 1. The third kappa shape index (κ3) is 8.74. The summed E-state index contributed by atoms with van der Waals surface area (Å²) in [5.74, 6) is 7.23. The van der Waals surface area contributed by atoms with Gasteiger partial charge in [-0.3, -0.25) is 9.91 Å². The molecule has 1 aromatic heterocycles. The smallest absolute Gasteiger partial charge is 0.186 e. The lowest BCUT2D eigenvalue weighted by Crippen LogP contribution is -2.38. The summed E-state index contributed by atoms with van der Waals surface area (Å²) in [5, 5.41) is 1.40. The first-order valence-electron chi connectivity index (χ1n) is 11.6. The second-order valence-corrected chi connectivity index (χ2v) is 7.69. The molecule has 0 amide bonds. The van der Waals surface area contributed by atoms with Crippen molar-refractivity contribution in [2.24, 2.45) is 5.84 Å². The number of morpholine rings is 1. The summed E-state index contributed by atoms with van der Waals surface area (Å²) < 4.78 is 24.2. The number of rotatable bonds is 9. The first kappa shape index (κ1) is 27.2. The van der Waals surface area contributed by atoms with Gasteiger partial charge in [0.25, 0.3) is 0 Å². The second kappa shape index (κ2) is 14.3. The van der Waals surface area contributed by atoms with E-state index in [0.29, 0.717) is 24.7 Å². The summed E-state index contributed by atoms with van der Waals surface area (Å²) in [7, 11) is 0. The van der Waals surface area contributed by atoms with Crippen LogP contribution in [-0.4, -0.2) is 60.9 Å². The van der Waals surface area contributed by atoms with Crippen LogP contribution in [0.5, 0.6) is 5.75 Å². The standard InChI is InChI=1S/C23H31FN6O2.C2H6/c1-17(6-7-18(2)24)16-30(26)23-22(25)27-15-21(28-23)19-4-3-5-20(14-19)32-13-10-29-8-11-31-12-9-29;1-2/h3-7,14-15H,8-13,16,26H2,1-2H3,(H2,25,27);1-2H3/b17-6+,18-7+;. The monoisotopic (exact) mass is 472 g/mol. The number of nitrogens with two attached hydrogens (primary N) is 2. The Balaban J connectivity index is 0.00000199. The topological polar surface area (TPSA) is 103 Å². The Labute approximate surface area is 202 Å². The summed E-state index contributed by atoms with van der Waals surface area (Å²) in [6.45, 7) is 12.4. The molecule has 0 radical (unpaired) electrons. The van der Waals surface area contributed by atoms with Gasteiger partial charge in [0, 0.05) is 25.2 Å². The number of allylic oxidation sites excluding steroid dienone is 3. The van der Waals surface area contributed by atoms with Crippen LogP contribution in [0, 0.1) is 0 Å². The Hall–Kier alpha value is -3.01. The lowest BCUT2D eigenvalue weighted by molar-refractivity contribution is 0.0322. The molecular weight excluding hydrogens is 435 g/mol.